The lowest BCUT2D eigenvalue weighted by molar-refractivity contribution is 0.599. The number of sulfonamides is 2. The van der Waals surface area contributed by atoms with Gasteiger partial charge in [0.2, 0.25) is 10.0 Å². The summed E-state index contributed by atoms with van der Waals surface area (Å²) >= 11 is 0. The van der Waals surface area contributed by atoms with E-state index >= 15 is 0 Å². The summed E-state index contributed by atoms with van der Waals surface area (Å²) in [5.41, 5.74) is 0.403. The number of hydrogen-bond donors (Lipinski definition) is 2. The SMILES string of the molecule is CS(=O)(=O)Nc1cccc(NS(=O)(=O)c2ccc(F)cc2)c1. The smallest absolute Gasteiger partial charge is 0.261 e. The molecule has 0 amide bonds. The van der Waals surface area contributed by atoms with Gasteiger partial charge in [-0.2, -0.15) is 0 Å². The fraction of sp³-hybridized carbons (Fsp3) is 0.0769. The van der Waals surface area contributed by atoms with Crippen molar-refractivity contribution in [3.8, 4) is 0 Å². The largest absolute Gasteiger partial charge is 0.284 e. The van der Waals surface area contributed by atoms with Gasteiger partial charge in [-0.05, 0) is 42.5 Å². The first-order valence-electron chi connectivity index (χ1n) is 6.02. The van der Waals surface area contributed by atoms with Crippen molar-refractivity contribution >= 4 is 31.4 Å². The number of halogens is 1. The molecule has 0 aliphatic heterocycles. The van der Waals surface area contributed by atoms with Crippen LogP contribution in [-0.4, -0.2) is 23.1 Å². The minimum absolute atomic E-state index is 0.102. The van der Waals surface area contributed by atoms with Crippen molar-refractivity contribution in [3.05, 3.63) is 54.3 Å². The maximum atomic E-state index is 12.8. The molecule has 0 fully saturated rings. The summed E-state index contributed by atoms with van der Waals surface area (Å²) in [6.45, 7) is 0. The number of hydrogen-bond acceptors (Lipinski definition) is 4. The first kappa shape index (κ1) is 16.2. The maximum Gasteiger partial charge on any atom is 0.261 e. The molecule has 0 heterocycles. The van der Waals surface area contributed by atoms with E-state index in [0.29, 0.717) is 0 Å². The molecule has 2 aromatic rings. The standard InChI is InChI=1S/C13H13FN2O4S2/c1-21(17,18)15-11-3-2-4-12(9-11)16-22(19,20)13-7-5-10(14)6-8-13/h2-9,15-16H,1H3. The van der Waals surface area contributed by atoms with Gasteiger partial charge in [-0.15, -0.1) is 0 Å². The summed E-state index contributed by atoms with van der Waals surface area (Å²) in [5, 5.41) is 0. The Morgan fingerprint density at radius 2 is 1.41 bits per heavy atom. The van der Waals surface area contributed by atoms with Crippen molar-refractivity contribution < 1.29 is 21.2 Å². The van der Waals surface area contributed by atoms with Crippen molar-refractivity contribution in [2.75, 3.05) is 15.7 Å². The Morgan fingerprint density at radius 3 is 1.95 bits per heavy atom. The molecular formula is C13H13FN2O4S2. The maximum absolute atomic E-state index is 12.8. The van der Waals surface area contributed by atoms with Crippen LogP contribution in [0, 0.1) is 5.82 Å². The monoisotopic (exact) mass is 344 g/mol. The van der Waals surface area contributed by atoms with Crippen LogP contribution in [0.25, 0.3) is 0 Å². The van der Waals surface area contributed by atoms with Gasteiger partial charge in [-0.1, -0.05) is 6.07 Å². The third kappa shape index (κ3) is 4.43. The molecule has 0 unspecified atom stereocenters. The second-order valence-electron chi connectivity index (χ2n) is 4.51. The van der Waals surface area contributed by atoms with Gasteiger partial charge >= 0.3 is 0 Å². The van der Waals surface area contributed by atoms with Crippen molar-refractivity contribution in [2.45, 2.75) is 4.90 Å². The minimum atomic E-state index is -3.88. The molecule has 0 atom stereocenters. The van der Waals surface area contributed by atoms with Gasteiger partial charge in [0.05, 0.1) is 22.5 Å². The summed E-state index contributed by atoms with van der Waals surface area (Å²) in [6.07, 6.45) is 0.988. The quantitative estimate of drug-likeness (QED) is 0.868. The molecule has 0 aromatic heterocycles. The Hall–Kier alpha value is -2.13. The molecule has 6 nitrogen and oxygen atoms in total. The molecule has 0 radical (unpaired) electrons. The molecule has 0 aliphatic carbocycles. The van der Waals surface area contributed by atoms with E-state index in [1.54, 1.807) is 0 Å². The zero-order chi connectivity index (χ0) is 16.4. The van der Waals surface area contributed by atoms with E-state index < -0.39 is 25.9 Å². The highest BCUT2D eigenvalue weighted by molar-refractivity contribution is 7.92. The minimum Gasteiger partial charge on any atom is -0.284 e. The Labute approximate surface area is 128 Å². The Balaban J connectivity index is 2.26. The van der Waals surface area contributed by atoms with Gasteiger partial charge in [0.15, 0.2) is 0 Å². The van der Waals surface area contributed by atoms with E-state index in [0.717, 1.165) is 30.5 Å². The molecule has 22 heavy (non-hydrogen) atoms. The molecule has 2 N–H and O–H groups in total. The summed E-state index contributed by atoms with van der Waals surface area (Å²) in [4.78, 5) is -0.102. The molecule has 0 spiro atoms. The van der Waals surface area contributed by atoms with Crippen LogP contribution in [0.1, 0.15) is 0 Å². The first-order valence-corrected chi connectivity index (χ1v) is 9.39. The van der Waals surface area contributed by atoms with E-state index in [9.17, 15) is 21.2 Å². The second kappa shape index (κ2) is 5.93. The van der Waals surface area contributed by atoms with Crippen LogP contribution in [0.15, 0.2) is 53.4 Å². The number of rotatable bonds is 5. The topological polar surface area (TPSA) is 92.3 Å². The van der Waals surface area contributed by atoms with Crippen LogP contribution in [-0.2, 0) is 20.0 Å². The van der Waals surface area contributed by atoms with Crippen LogP contribution >= 0.6 is 0 Å². The lowest BCUT2D eigenvalue weighted by Gasteiger charge is -2.10. The van der Waals surface area contributed by atoms with Gasteiger partial charge in [-0.3, -0.25) is 9.44 Å². The lowest BCUT2D eigenvalue weighted by atomic mass is 10.3. The van der Waals surface area contributed by atoms with Crippen LogP contribution in [0.5, 0.6) is 0 Å². The molecule has 0 bridgehead atoms. The van der Waals surface area contributed by atoms with Crippen LogP contribution < -0.4 is 9.44 Å². The highest BCUT2D eigenvalue weighted by Gasteiger charge is 2.14. The fourth-order valence-corrected chi connectivity index (χ4v) is 3.29. The molecule has 2 aromatic carbocycles. The van der Waals surface area contributed by atoms with Crippen LogP contribution in [0.2, 0.25) is 0 Å². The van der Waals surface area contributed by atoms with Gasteiger partial charge in [0, 0.05) is 0 Å². The van der Waals surface area contributed by atoms with E-state index in [1.165, 1.54) is 24.3 Å². The molecular weight excluding hydrogens is 331 g/mol. The summed E-state index contributed by atoms with van der Waals surface area (Å²) in [7, 11) is -7.35. The van der Waals surface area contributed by atoms with E-state index in [2.05, 4.69) is 9.44 Å². The van der Waals surface area contributed by atoms with Crippen molar-refractivity contribution in [1.82, 2.24) is 0 Å². The lowest BCUT2D eigenvalue weighted by Crippen LogP contribution is -2.14. The third-order valence-electron chi connectivity index (χ3n) is 2.54. The average Bonchev–Trinajstić information content (AvgIpc) is 2.37. The van der Waals surface area contributed by atoms with Crippen molar-refractivity contribution in [2.24, 2.45) is 0 Å². The van der Waals surface area contributed by atoms with Crippen LogP contribution in [0.4, 0.5) is 15.8 Å². The van der Waals surface area contributed by atoms with Gasteiger partial charge in [0.25, 0.3) is 10.0 Å². The molecule has 2 rings (SSSR count). The Morgan fingerprint density at radius 1 is 0.864 bits per heavy atom. The predicted molar refractivity (Wildman–Crippen MR) is 82.1 cm³/mol. The zero-order valence-electron chi connectivity index (χ0n) is 11.4. The summed E-state index contributed by atoms with van der Waals surface area (Å²) < 4.78 is 64.0. The molecule has 9 heteroatoms. The van der Waals surface area contributed by atoms with Gasteiger partial charge in [-0.25, -0.2) is 21.2 Å². The van der Waals surface area contributed by atoms with Gasteiger partial charge < -0.3 is 0 Å². The highest BCUT2D eigenvalue weighted by atomic mass is 32.2. The predicted octanol–water partition coefficient (Wildman–Crippen LogP) is 2.00. The van der Waals surface area contributed by atoms with E-state index in [1.807, 2.05) is 0 Å². The molecule has 118 valence electrons. The molecule has 0 saturated heterocycles. The Kier molecular flexibility index (Phi) is 4.38. The highest BCUT2D eigenvalue weighted by Crippen LogP contribution is 2.20. The third-order valence-corrected chi connectivity index (χ3v) is 4.55. The summed E-state index contributed by atoms with van der Waals surface area (Å²) in [6, 6.07) is 10.1. The number of anilines is 2. The summed E-state index contributed by atoms with van der Waals surface area (Å²) in [5.74, 6) is -0.543. The number of benzene rings is 2. The van der Waals surface area contributed by atoms with E-state index in [-0.39, 0.29) is 16.3 Å². The van der Waals surface area contributed by atoms with Crippen LogP contribution in [0.3, 0.4) is 0 Å². The first-order chi connectivity index (χ1) is 10.2. The van der Waals surface area contributed by atoms with Crippen molar-refractivity contribution in [3.63, 3.8) is 0 Å². The normalized spacial score (nSPS) is 11.9. The average molecular weight is 344 g/mol. The second-order valence-corrected chi connectivity index (χ2v) is 7.95. The molecule has 0 saturated carbocycles. The Bertz CT molecular complexity index is 879. The number of nitrogens with one attached hydrogen (secondary N) is 2. The fourth-order valence-electron chi connectivity index (χ4n) is 1.69. The van der Waals surface area contributed by atoms with E-state index in [4.69, 9.17) is 0 Å². The van der Waals surface area contributed by atoms with Gasteiger partial charge in [0.1, 0.15) is 5.82 Å². The molecule has 0 aliphatic rings. The zero-order valence-corrected chi connectivity index (χ0v) is 13.1. The van der Waals surface area contributed by atoms with Crippen molar-refractivity contribution in [1.29, 1.82) is 0 Å².